The number of amides is 2. The Morgan fingerprint density at radius 1 is 1.06 bits per heavy atom. The molecule has 47 heavy (non-hydrogen) atoms. The average molecular weight is 649 g/mol. The van der Waals surface area contributed by atoms with Crippen molar-refractivity contribution in [1.82, 2.24) is 4.98 Å². The molecular formula is C34H28N6O6S. The summed E-state index contributed by atoms with van der Waals surface area (Å²) in [5.41, 5.74) is -0.286. The van der Waals surface area contributed by atoms with E-state index in [1.165, 1.54) is 29.4 Å². The number of hydrogen-bond donors (Lipinski definition) is 1. The van der Waals surface area contributed by atoms with Gasteiger partial charge in [0.15, 0.2) is 11.6 Å². The maximum absolute atomic E-state index is 15.8. The number of sulfonamides is 1. The molecule has 13 heteroatoms. The predicted molar refractivity (Wildman–Crippen MR) is 167 cm³/mol. The minimum absolute atomic E-state index is 0.0786. The molecule has 4 aromatic rings. The first-order valence-electron chi connectivity index (χ1n) is 14.7. The quantitative estimate of drug-likeness (QED) is 0.291. The van der Waals surface area contributed by atoms with E-state index in [2.05, 4.69) is 16.4 Å². The lowest BCUT2D eigenvalue weighted by Crippen LogP contribution is -2.81. The van der Waals surface area contributed by atoms with E-state index in [-0.39, 0.29) is 30.0 Å². The molecule has 3 heterocycles. The number of quaternary nitrogens is 1. The van der Waals surface area contributed by atoms with Gasteiger partial charge in [0.2, 0.25) is 0 Å². The monoisotopic (exact) mass is 648 g/mol. The molecule has 0 bridgehead atoms. The van der Waals surface area contributed by atoms with E-state index >= 15 is 4.79 Å². The second-order valence-electron chi connectivity index (χ2n) is 11.0. The van der Waals surface area contributed by atoms with Crippen LogP contribution >= 0.6 is 0 Å². The number of pyridine rings is 1. The van der Waals surface area contributed by atoms with Gasteiger partial charge in [-0.05, 0) is 61.0 Å². The van der Waals surface area contributed by atoms with Crippen LogP contribution in [0.1, 0.15) is 29.5 Å². The maximum atomic E-state index is 15.8. The number of benzene rings is 3. The number of nitrogens with one attached hydrogen (secondary N) is 1. The lowest BCUT2D eigenvalue weighted by Gasteiger charge is -2.55. The van der Waals surface area contributed by atoms with Gasteiger partial charge in [-0.15, -0.1) is 0 Å². The minimum Gasteiger partial charge on any atom is -0.497 e. The molecule has 1 fully saturated rings. The molecular weight excluding hydrogens is 620 g/mol. The zero-order chi connectivity index (χ0) is 33.4. The van der Waals surface area contributed by atoms with Gasteiger partial charge in [-0.25, -0.2) is 4.79 Å². The van der Waals surface area contributed by atoms with Gasteiger partial charge in [0, 0.05) is 41.8 Å². The van der Waals surface area contributed by atoms with Crippen LogP contribution in [-0.2, 0) is 20.4 Å². The van der Waals surface area contributed by atoms with Gasteiger partial charge in [0.25, 0.3) is 6.09 Å². The van der Waals surface area contributed by atoms with Gasteiger partial charge in [0.1, 0.15) is 17.2 Å². The highest BCUT2D eigenvalue weighted by Crippen LogP contribution is 2.56. The standard InChI is InChI=1S/C34H28N6O6S/c1-2-46-31-10-6-4-8-28(31)34(29-21-38-30-9-5-3-7-27(29)30)32(41)40(33(42)43,47(44,45)26-13-11-23(19-35)12-14-26)22-25(20-36)39(34)24-15-17-37-18-16-24/h3-18,25,29,38H,2,21-22H2,1H3. The van der Waals surface area contributed by atoms with Crippen molar-refractivity contribution in [1.29, 1.82) is 10.5 Å². The van der Waals surface area contributed by atoms with Crippen LogP contribution in [0.5, 0.6) is 5.75 Å². The van der Waals surface area contributed by atoms with Crippen LogP contribution in [0.3, 0.4) is 0 Å². The van der Waals surface area contributed by atoms with Gasteiger partial charge in [0.05, 0.1) is 24.3 Å². The van der Waals surface area contributed by atoms with Crippen LogP contribution in [0.4, 0.5) is 16.2 Å². The second-order valence-corrected chi connectivity index (χ2v) is 13.1. The lowest BCUT2D eigenvalue weighted by molar-refractivity contribution is -0.693. The smallest absolute Gasteiger partial charge is 0.366 e. The van der Waals surface area contributed by atoms with Gasteiger partial charge < -0.3 is 24.9 Å². The Labute approximate surface area is 271 Å². The third-order valence-electron chi connectivity index (χ3n) is 8.79. The minimum atomic E-state index is -5.19. The van der Waals surface area contributed by atoms with Crippen molar-refractivity contribution in [2.45, 2.75) is 29.3 Å². The average Bonchev–Trinajstić information content (AvgIpc) is 3.53. The summed E-state index contributed by atoms with van der Waals surface area (Å²) in [6.45, 7) is 0.994. The molecule has 12 nitrogen and oxygen atoms in total. The molecule has 2 amide bonds. The highest BCUT2D eigenvalue weighted by Gasteiger charge is 2.73. The number of imide groups is 1. The molecule has 1 aromatic heterocycles. The van der Waals surface area contributed by atoms with Crippen molar-refractivity contribution >= 4 is 33.4 Å². The first-order valence-corrected chi connectivity index (χ1v) is 16.2. The molecule has 3 aromatic carbocycles. The molecule has 2 aliphatic heterocycles. The van der Waals surface area contributed by atoms with Crippen LogP contribution in [0.2, 0.25) is 0 Å². The van der Waals surface area contributed by atoms with Crippen molar-refractivity contribution in [2.24, 2.45) is 0 Å². The van der Waals surface area contributed by atoms with Crippen molar-refractivity contribution in [3.8, 4) is 17.9 Å². The zero-order valence-electron chi connectivity index (χ0n) is 25.1. The summed E-state index contributed by atoms with van der Waals surface area (Å²) in [6.07, 6.45) is 0.723. The molecule has 2 aliphatic rings. The molecule has 236 valence electrons. The highest BCUT2D eigenvalue weighted by molar-refractivity contribution is 7.86. The van der Waals surface area contributed by atoms with E-state index in [4.69, 9.17) is 4.74 Å². The zero-order valence-corrected chi connectivity index (χ0v) is 25.9. The molecule has 0 saturated carbocycles. The third-order valence-corrected chi connectivity index (χ3v) is 10.9. The third kappa shape index (κ3) is 4.51. The Morgan fingerprint density at radius 3 is 2.40 bits per heavy atom. The van der Waals surface area contributed by atoms with Crippen molar-refractivity contribution in [3.05, 3.63) is 114 Å². The summed E-state index contributed by atoms with van der Waals surface area (Å²) in [6, 6.07) is 23.9. The Morgan fingerprint density at radius 2 is 1.74 bits per heavy atom. The molecule has 1 saturated heterocycles. The van der Waals surface area contributed by atoms with Crippen LogP contribution in [0.25, 0.3) is 0 Å². The number of aromatic nitrogens is 1. The summed E-state index contributed by atoms with van der Waals surface area (Å²) < 4.78 is 33.3. The van der Waals surface area contributed by atoms with E-state index < -0.39 is 54.9 Å². The van der Waals surface area contributed by atoms with Crippen molar-refractivity contribution in [3.63, 3.8) is 0 Å². The SMILES string of the molecule is CCOc1ccccc1C1(C2CNc3ccccc32)C(=O)[N+](C(=O)[O-])(S(=O)(=O)c2ccc(C#N)cc2)CC(C#N)N1c1ccncc1. The van der Waals surface area contributed by atoms with E-state index in [0.717, 1.165) is 12.1 Å². The number of carbonyl (C=O) groups excluding carboxylic acids is 2. The lowest BCUT2D eigenvalue weighted by atomic mass is 9.70. The number of nitrogens with zero attached hydrogens (tertiary/aromatic N) is 5. The number of anilines is 2. The van der Waals surface area contributed by atoms with E-state index in [0.29, 0.717) is 16.9 Å². The highest BCUT2D eigenvalue weighted by atomic mass is 32.2. The van der Waals surface area contributed by atoms with Crippen LogP contribution < -0.4 is 20.1 Å². The first kappa shape index (κ1) is 31.2. The van der Waals surface area contributed by atoms with Gasteiger partial charge in [-0.3, -0.25) is 4.98 Å². The summed E-state index contributed by atoms with van der Waals surface area (Å²) in [4.78, 5) is 34.5. The number of nitriles is 2. The van der Waals surface area contributed by atoms with Crippen LogP contribution in [-0.4, -0.2) is 55.0 Å². The van der Waals surface area contributed by atoms with E-state index in [1.54, 1.807) is 67.6 Å². The fourth-order valence-electron chi connectivity index (χ4n) is 6.83. The molecule has 6 rings (SSSR count). The Balaban J connectivity index is 1.78. The summed E-state index contributed by atoms with van der Waals surface area (Å²) >= 11 is 0. The number of para-hydroxylation sites is 2. The van der Waals surface area contributed by atoms with Crippen molar-refractivity contribution < 1.29 is 31.7 Å². The molecule has 4 unspecified atom stereocenters. The predicted octanol–water partition coefficient (Wildman–Crippen LogP) is 3.24. The number of fused-ring (bicyclic) bond motifs is 1. The first-order chi connectivity index (χ1) is 22.7. The summed E-state index contributed by atoms with van der Waals surface area (Å²) in [7, 11) is -5.19. The second kappa shape index (κ2) is 11.9. The molecule has 0 radical (unpaired) electrons. The normalized spacial score (nSPS) is 23.6. The number of carbonyl (C=O) groups is 2. The fraction of sp³-hybridized carbons (Fsp3) is 0.206. The Bertz CT molecular complexity index is 2060. The maximum Gasteiger partial charge on any atom is 0.366 e. The largest absolute Gasteiger partial charge is 0.497 e. The number of hydrogen-bond acceptors (Lipinski definition) is 11. The molecule has 4 atom stereocenters. The van der Waals surface area contributed by atoms with E-state index in [1.807, 2.05) is 6.07 Å². The van der Waals surface area contributed by atoms with Crippen molar-refractivity contribution in [2.75, 3.05) is 29.9 Å². The number of carboxylic acid groups (broad SMARTS) is 1. The Kier molecular flexibility index (Phi) is 7.89. The number of rotatable bonds is 7. The molecule has 0 aliphatic carbocycles. The van der Waals surface area contributed by atoms with Crippen LogP contribution in [0.15, 0.2) is 102 Å². The summed E-state index contributed by atoms with van der Waals surface area (Å²) in [5.74, 6) is -2.00. The number of piperazine rings is 1. The molecule has 0 spiro atoms. The fourth-order valence-corrected chi connectivity index (χ4v) is 8.56. The summed E-state index contributed by atoms with van der Waals surface area (Å²) in [5, 5.41) is 36.9. The van der Waals surface area contributed by atoms with Crippen LogP contribution in [0, 0.1) is 22.7 Å². The molecule has 1 N–H and O–H groups in total. The van der Waals surface area contributed by atoms with Gasteiger partial charge in [-0.1, -0.05) is 40.3 Å². The topological polar surface area (TPSA) is 176 Å². The van der Waals surface area contributed by atoms with Gasteiger partial charge >= 0.3 is 15.9 Å². The number of ether oxygens (including phenoxy) is 1. The Hall–Kier alpha value is -5.76. The van der Waals surface area contributed by atoms with Gasteiger partial charge in [-0.2, -0.15) is 18.9 Å². The van der Waals surface area contributed by atoms with E-state index in [9.17, 15) is 28.8 Å².